The first-order valence-corrected chi connectivity index (χ1v) is 11.3. The molecule has 0 spiro atoms. The fraction of sp³-hybridized carbons (Fsp3) is 0.538. The molecular weight excluding hydrogens is 344 g/mol. The Morgan fingerprint density at radius 1 is 0.821 bits per heavy atom. The van der Waals surface area contributed by atoms with Crippen LogP contribution in [0, 0.1) is 5.92 Å². The van der Waals surface area contributed by atoms with Gasteiger partial charge in [0, 0.05) is 6.42 Å². The maximum absolute atomic E-state index is 5.95. The van der Waals surface area contributed by atoms with Gasteiger partial charge in [-0.25, -0.2) is 0 Å². The molecule has 28 heavy (non-hydrogen) atoms. The quantitative estimate of drug-likeness (QED) is 0.524. The second kappa shape index (κ2) is 9.60. The Kier molecular flexibility index (Phi) is 6.69. The monoisotopic (exact) mass is 378 g/mol. The molecule has 2 heteroatoms. The third kappa shape index (κ3) is 4.97. The minimum absolute atomic E-state index is 0.0775. The Hall–Kier alpha value is -1.80. The normalized spacial score (nSPS) is 25.4. The first-order chi connectivity index (χ1) is 13.8. The first-order valence-electron chi connectivity index (χ1n) is 11.3. The van der Waals surface area contributed by atoms with Crippen molar-refractivity contribution in [3.63, 3.8) is 0 Å². The highest BCUT2D eigenvalue weighted by Crippen LogP contribution is 2.38. The van der Waals surface area contributed by atoms with E-state index in [9.17, 15) is 0 Å². The molecule has 0 amide bonds. The van der Waals surface area contributed by atoms with E-state index >= 15 is 0 Å². The average molecular weight is 379 g/mol. The Morgan fingerprint density at radius 3 is 2.11 bits per heavy atom. The summed E-state index contributed by atoms with van der Waals surface area (Å²) in [4.78, 5) is 0. The van der Waals surface area contributed by atoms with Crippen LogP contribution in [-0.2, 0) is 4.74 Å². The summed E-state index contributed by atoms with van der Waals surface area (Å²) >= 11 is 0. The fourth-order valence-corrected chi connectivity index (χ4v) is 4.82. The Bertz CT molecular complexity index is 705. The fourth-order valence-electron chi connectivity index (χ4n) is 4.82. The van der Waals surface area contributed by atoms with E-state index in [-0.39, 0.29) is 6.29 Å². The molecule has 0 bridgehead atoms. The highest BCUT2D eigenvalue weighted by atomic mass is 16.7. The summed E-state index contributed by atoms with van der Waals surface area (Å²) in [5.41, 5.74) is 4.05. The zero-order valence-electron chi connectivity index (χ0n) is 17.2. The smallest absolute Gasteiger partial charge is 0.199 e. The second-order valence-electron chi connectivity index (χ2n) is 8.57. The van der Waals surface area contributed by atoms with E-state index in [1.807, 2.05) is 0 Å². The number of rotatable bonds is 6. The van der Waals surface area contributed by atoms with Crippen LogP contribution in [0.1, 0.15) is 76.2 Å². The van der Waals surface area contributed by atoms with E-state index < -0.39 is 0 Å². The van der Waals surface area contributed by atoms with Gasteiger partial charge in [-0.2, -0.15) is 0 Å². The maximum Gasteiger partial charge on any atom is 0.199 e. The number of benzene rings is 2. The van der Waals surface area contributed by atoms with Crippen LogP contribution in [-0.4, -0.2) is 12.9 Å². The summed E-state index contributed by atoms with van der Waals surface area (Å²) in [7, 11) is 0. The van der Waals surface area contributed by atoms with Gasteiger partial charge in [0.05, 0.1) is 6.61 Å². The molecule has 1 heterocycles. The van der Waals surface area contributed by atoms with Gasteiger partial charge in [0.15, 0.2) is 6.29 Å². The molecule has 0 radical (unpaired) electrons. The molecule has 1 atom stereocenters. The van der Waals surface area contributed by atoms with E-state index in [0.717, 1.165) is 37.0 Å². The van der Waals surface area contributed by atoms with Crippen LogP contribution in [0.4, 0.5) is 0 Å². The molecule has 2 nitrogen and oxygen atoms in total. The average Bonchev–Trinajstić information content (AvgIpc) is 2.76. The second-order valence-corrected chi connectivity index (χ2v) is 8.57. The molecule has 2 fully saturated rings. The van der Waals surface area contributed by atoms with E-state index in [2.05, 4.69) is 55.5 Å². The molecule has 2 aromatic rings. The third-order valence-corrected chi connectivity index (χ3v) is 6.52. The van der Waals surface area contributed by atoms with Gasteiger partial charge in [-0.3, -0.25) is 0 Å². The van der Waals surface area contributed by atoms with Crippen molar-refractivity contribution >= 4 is 0 Å². The van der Waals surface area contributed by atoms with Crippen molar-refractivity contribution in [2.75, 3.05) is 6.61 Å². The standard InChI is InChI=1S/C26H34O2/c1-2-5-20-7-9-21(10-8-20)22-11-13-23(14-12-22)24-15-17-25(18-16-24)28-26-6-3-4-19-27-26/h11-18,20-21,26H,2-10,19H2,1H3. The summed E-state index contributed by atoms with van der Waals surface area (Å²) < 4.78 is 11.6. The third-order valence-electron chi connectivity index (χ3n) is 6.52. The molecule has 1 unspecified atom stereocenters. The molecular formula is C26H34O2. The van der Waals surface area contributed by atoms with Gasteiger partial charge in [0.2, 0.25) is 0 Å². The summed E-state index contributed by atoms with van der Waals surface area (Å²) in [5.74, 6) is 2.63. The van der Waals surface area contributed by atoms with Crippen molar-refractivity contribution in [2.24, 2.45) is 5.92 Å². The lowest BCUT2D eigenvalue weighted by molar-refractivity contribution is -0.105. The van der Waals surface area contributed by atoms with Crippen molar-refractivity contribution in [3.8, 4) is 16.9 Å². The Morgan fingerprint density at radius 2 is 1.50 bits per heavy atom. The van der Waals surface area contributed by atoms with Crippen molar-refractivity contribution in [1.29, 1.82) is 0 Å². The Labute approximate surface area is 170 Å². The van der Waals surface area contributed by atoms with Crippen molar-refractivity contribution in [1.82, 2.24) is 0 Å². The lowest BCUT2D eigenvalue weighted by Gasteiger charge is -2.28. The van der Waals surface area contributed by atoms with Crippen LogP contribution in [0.3, 0.4) is 0 Å². The molecule has 1 aliphatic heterocycles. The maximum atomic E-state index is 5.95. The molecule has 2 aliphatic rings. The molecule has 2 aromatic carbocycles. The summed E-state index contributed by atoms with van der Waals surface area (Å²) in [6, 6.07) is 17.7. The predicted octanol–water partition coefficient (Wildman–Crippen LogP) is 7.33. The molecule has 0 N–H and O–H groups in total. The summed E-state index contributed by atoms with van der Waals surface area (Å²) in [6.07, 6.45) is 11.5. The van der Waals surface area contributed by atoms with E-state index in [1.165, 1.54) is 61.6 Å². The SMILES string of the molecule is CCCC1CCC(c2ccc(-c3ccc(OC4CCCCO4)cc3)cc2)CC1. The minimum atomic E-state index is -0.0775. The zero-order valence-corrected chi connectivity index (χ0v) is 17.2. The van der Waals surface area contributed by atoms with Gasteiger partial charge in [0.1, 0.15) is 5.75 Å². The first kappa shape index (κ1) is 19.5. The topological polar surface area (TPSA) is 18.5 Å². The van der Waals surface area contributed by atoms with Crippen LogP contribution < -0.4 is 4.74 Å². The highest BCUT2D eigenvalue weighted by molar-refractivity contribution is 5.64. The Balaban J connectivity index is 1.34. The van der Waals surface area contributed by atoms with Gasteiger partial charge in [-0.05, 0) is 79.2 Å². The van der Waals surface area contributed by atoms with Gasteiger partial charge in [0.25, 0.3) is 0 Å². The van der Waals surface area contributed by atoms with Gasteiger partial charge in [-0.15, -0.1) is 0 Å². The molecule has 1 saturated carbocycles. The van der Waals surface area contributed by atoms with Crippen LogP contribution in [0.2, 0.25) is 0 Å². The van der Waals surface area contributed by atoms with Gasteiger partial charge >= 0.3 is 0 Å². The van der Waals surface area contributed by atoms with Crippen LogP contribution in [0.5, 0.6) is 5.75 Å². The molecule has 4 rings (SSSR count). The van der Waals surface area contributed by atoms with E-state index in [0.29, 0.717) is 0 Å². The van der Waals surface area contributed by atoms with Gasteiger partial charge < -0.3 is 9.47 Å². The van der Waals surface area contributed by atoms with Crippen LogP contribution in [0.25, 0.3) is 11.1 Å². The predicted molar refractivity (Wildman–Crippen MR) is 116 cm³/mol. The molecule has 1 aliphatic carbocycles. The molecule has 150 valence electrons. The van der Waals surface area contributed by atoms with Gasteiger partial charge in [-0.1, -0.05) is 56.2 Å². The van der Waals surface area contributed by atoms with Crippen molar-refractivity contribution in [3.05, 3.63) is 54.1 Å². The van der Waals surface area contributed by atoms with Crippen molar-refractivity contribution in [2.45, 2.75) is 76.9 Å². The van der Waals surface area contributed by atoms with E-state index in [4.69, 9.17) is 9.47 Å². The number of ether oxygens (including phenoxy) is 2. The lowest BCUT2D eigenvalue weighted by atomic mass is 9.77. The molecule has 0 aromatic heterocycles. The number of hydrogen-bond acceptors (Lipinski definition) is 2. The number of hydrogen-bond donors (Lipinski definition) is 0. The zero-order chi connectivity index (χ0) is 19.2. The summed E-state index contributed by atoms with van der Waals surface area (Å²) in [6.45, 7) is 3.13. The lowest BCUT2D eigenvalue weighted by Crippen LogP contribution is -2.24. The summed E-state index contributed by atoms with van der Waals surface area (Å²) in [5, 5.41) is 0. The van der Waals surface area contributed by atoms with Crippen molar-refractivity contribution < 1.29 is 9.47 Å². The minimum Gasteiger partial charge on any atom is -0.465 e. The largest absolute Gasteiger partial charge is 0.465 e. The van der Waals surface area contributed by atoms with Crippen LogP contribution >= 0.6 is 0 Å². The highest BCUT2D eigenvalue weighted by Gasteiger charge is 2.21. The van der Waals surface area contributed by atoms with E-state index in [1.54, 1.807) is 0 Å². The van der Waals surface area contributed by atoms with Crippen LogP contribution in [0.15, 0.2) is 48.5 Å². The molecule has 1 saturated heterocycles.